The Labute approximate surface area is 238 Å². The third-order valence-electron chi connectivity index (χ3n) is 6.32. The number of hydrogen-bond acceptors (Lipinski definition) is 5. The van der Waals surface area contributed by atoms with Gasteiger partial charge in [-0.3, -0.25) is 9.35 Å². The van der Waals surface area contributed by atoms with E-state index in [2.05, 4.69) is 43.5 Å². The van der Waals surface area contributed by atoms with Crippen molar-refractivity contribution in [2.24, 2.45) is 0 Å². The van der Waals surface area contributed by atoms with Gasteiger partial charge in [0.2, 0.25) is 5.91 Å². The maximum atomic E-state index is 12.4. The van der Waals surface area contributed by atoms with E-state index in [4.69, 9.17) is 0 Å². The highest BCUT2D eigenvalue weighted by Crippen LogP contribution is 2.08. The Hall–Kier alpha value is -1.74. The number of aliphatic hydroxyl groups excluding tert-OH is 2. The van der Waals surface area contributed by atoms with Gasteiger partial charge in [0.25, 0.3) is 10.1 Å². The van der Waals surface area contributed by atoms with E-state index in [1.807, 2.05) is 12.2 Å². The maximum absolute atomic E-state index is 12.4. The monoisotopic (exact) mass is 569 g/mol. The molecule has 0 aliphatic carbocycles. The van der Waals surface area contributed by atoms with E-state index in [0.717, 1.165) is 38.5 Å². The van der Waals surface area contributed by atoms with Crippen LogP contribution < -0.4 is 5.32 Å². The lowest BCUT2D eigenvalue weighted by Gasteiger charge is -2.22. The van der Waals surface area contributed by atoms with Crippen LogP contribution in [0, 0.1) is 0 Å². The van der Waals surface area contributed by atoms with E-state index in [9.17, 15) is 28.0 Å². The van der Waals surface area contributed by atoms with Crippen LogP contribution in [0.1, 0.15) is 117 Å². The molecule has 0 heterocycles. The standard InChI is InChI=1S/C31H55NO6S/c1-3-5-7-9-11-13-14-15-16-17-18-20-21-23-25-29(33)28(27-39(36,37)38)32-31(35)30(34)26-24-22-19-12-10-8-6-4-2/h13-14,17-19,22-23,25,28-30,33-34H,3-12,15-16,20-21,24,26-27H2,1-2H3,(H,32,35)(H,36,37,38)/b14-13+,18-17+,22-19-,25-23+. The van der Waals surface area contributed by atoms with E-state index < -0.39 is 40.0 Å². The SMILES string of the molecule is CCCCCC/C=C\CCC(O)C(=O)NC(CS(=O)(=O)O)C(O)/C=C/CC/C=C/CC/C=C/CCCCCC. The highest BCUT2D eigenvalue weighted by atomic mass is 32.2. The van der Waals surface area contributed by atoms with Crippen LogP contribution in [-0.4, -0.2) is 53.1 Å². The minimum absolute atomic E-state index is 0.183. The van der Waals surface area contributed by atoms with Gasteiger partial charge in [0, 0.05) is 0 Å². The van der Waals surface area contributed by atoms with Crippen molar-refractivity contribution in [2.45, 2.75) is 135 Å². The normalized spacial score (nSPS) is 15.1. The number of nitrogens with one attached hydrogen (secondary N) is 1. The fourth-order valence-electron chi connectivity index (χ4n) is 3.96. The summed E-state index contributed by atoms with van der Waals surface area (Å²) in [5.74, 6) is -1.62. The van der Waals surface area contributed by atoms with Crippen molar-refractivity contribution < 1.29 is 28.0 Å². The summed E-state index contributed by atoms with van der Waals surface area (Å²) in [6.45, 7) is 4.37. The second-order valence-corrected chi connectivity index (χ2v) is 11.6. The van der Waals surface area contributed by atoms with E-state index in [1.165, 1.54) is 51.0 Å². The fraction of sp³-hybridized carbons (Fsp3) is 0.710. The number of allylic oxidation sites excluding steroid dienone is 7. The number of carbonyl (C=O) groups is 1. The molecule has 0 aromatic carbocycles. The minimum Gasteiger partial charge on any atom is -0.387 e. The van der Waals surface area contributed by atoms with Gasteiger partial charge < -0.3 is 15.5 Å². The molecule has 39 heavy (non-hydrogen) atoms. The van der Waals surface area contributed by atoms with Crippen LogP contribution in [-0.2, 0) is 14.9 Å². The van der Waals surface area contributed by atoms with Crippen molar-refractivity contribution in [1.29, 1.82) is 0 Å². The van der Waals surface area contributed by atoms with Crippen LogP contribution in [0.5, 0.6) is 0 Å². The highest BCUT2D eigenvalue weighted by Gasteiger charge is 2.27. The number of unbranched alkanes of at least 4 members (excludes halogenated alkanes) is 10. The molecule has 226 valence electrons. The maximum Gasteiger partial charge on any atom is 0.267 e. The zero-order chi connectivity index (χ0) is 29.2. The number of rotatable bonds is 25. The summed E-state index contributed by atoms with van der Waals surface area (Å²) in [5, 5.41) is 23.0. The topological polar surface area (TPSA) is 124 Å². The van der Waals surface area contributed by atoms with Gasteiger partial charge in [-0.1, -0.05) is 101 Å². The van der Waals surface area contributed by atoms with Gasteiger partial charge in [0.05, 0.1) is 17.9 Å². The lowest BCUT2D eigenvalue weighted by Crippen LogP contribution is -2.50. The molecule has 0 bridgehead atoms. The summed E-state index contributed by atoms with van der Waals surface area (Å²) in [5.41, 5.74) is 0. The molecule has 0 radical (unpaired) electrons. The molecule has 8 heteroatoms. The average molecular weight is 570 g/mol. The van der Waals surface area contributed by atoms with Crippen molar-refractivity contribution >= 4 is 16.0 Å². The molecule has 0 aromatic rings. The number of amides is 1. The van der Waals surface area contributed by atoms with E-state index >= 15 is 0 Å². The smallest absolute Gasteiger partial charge is 0.267 e. The molecule has 0 saturated heterocycles. The summed E-state index contributed by atoms with van der Waals surface area (Å²) in [7, 11) is -4.45. The minimum atomic E-state index is -4.45. The Balaban J connectivity index is 4.42. The zero-order valence-electron chi connectivity index (χ0n) is 24.3. The third-order valence-corrected chi connectivity index (χ3v) is 7.10. The third kappa shape index (κ3) is 25.0. The van der Waals surface area contributed by atoms with Crippen molar-refractivity contribution in [2.75, 3.05) is 5.75 Å². The largest absolute Gasteiger partial charge is 0.387 e. The Morgan fingerprint density at radius 1 is 0.692 bits per heavy atom. The Bertz CT molecular complexity index is 819. The molecule has 0 fully saturated rings. The van der Waals surface area contributed by atoms with Gasteiger partial charge in [-0.25, -0.2) is 0 Å². The molecule has 0 spiro atoms. The van der Waals surface area contributed by atoms with Gasteiger partial charge in [-0.2, -0.15) is 8.42 Å². The van der Waals surface area contributed by atoms with Gasteiger partial charge in [0.1, 0.15) is 6.10 Å². The van der Waals surface area contributed by atoms with Crippen LogP contribution in [0.2, 0.25) is 0 Å². The van der Waals surface area contributed by atoms with Crippen LogP contribution in [0.3, 0.4) is 0 Å². The summed E-state index contributed by atoms with van der Waals surface area (Å²) >= 11 is 0. The van der Waals surface area contributed by atoms with Crippen molar-refractivity contribution in [1.82, 2.24) is 5.32 Å². The molecule has 4 N–H and O–H groups in total. The summed E-state index contributed by atoms with van der Waals surface area (Å²) in [6.07, 6.45) is 29.1. The molecule has 0 aliphatic rings. The van der Waals surface area contributed by atoms with Gasteiger partial charge in [0.15, 0.2) is 0 Å². The van der Waals surface area contributed by atoms with E-state index in [0.29, 0.717) is 12.8 Å². The molecule has 1 amide bonds. The predicted molar refractivity (Wildman–Crippen MR) is 162 cm³/mol. The first-order valence-corrected chi connectivity index (χ1v) is 16.6. The first kappa shape index (κ1) is 37.3. The predicted octanol–water partition coefficient (Wildman–Crippen LogP) is 6.59. The van der Waals surface area contributed by atoms with Crippen LogP contribution in [0.4, 0.5) is 0 Å². The van der Waals surface area contributed by atoms with Crippen LogP contribution in [0.15, 0.2) is 48.6 Å². The molecule has 3 atom stereocenters. The average Bonchev–Trinajstić information content (AvgIpc) is 2.88. The molecule has 7 nitrogen and oxygen atoms in total. The summed E-state index contributed by atoms with van der Waals surface area (Å²) < 4.78 is 32.1. The Morgan fingerprint density at radius 3 is 1.64 bits per heavy atom. The molecule has 3 unspecified atom stereocenters. The Morgan fingerprint density at radius 2 is 1.15 bits per heavy atom. The Kier molecular flexibility index (Phi) is 24.1. The van der Waals surface area contributed by atoms with Crippen molar-refractivity contribution in [3.05, 3.63) is 48.6 Å². The lowest BCUT2D eigenvalue weighted by molar-refractivity contribution is -0.130. The summed E-state index contributed by atoms with van der Waals surface area (Å²) in [4.78, 5) is 12.4. The lowest BCUT2D eigenvalue weighted by atomic mass is 10.1. The number of carbonyl (C=O) groups excluding carboxylic acids is 1. The first-order valence-electron chi connectivity index (χ1n) is 14.9. The van der Waals surface area contributed by atoms with E-state index in [1.54, 1.807) is 6.08 Å². The quantitative estimate of drug-likeness (QED) is 0.0559. The highest BCUT2D eigenvalue weighted by molar-refractivity contribution is 7.85. The molecule has 0 rings (SSSR count). The second-order valence-electron chi connectivity index (χ2n) is 10.1. The molecule has 0 saturated carbocycles. The fourth-order valence-corrected chi connectivity index (χ4v) is 4.69. The molecule has 0 aliphatic heterocycles. The van der Waals surface area contributed by atoms with Crippen LogP contribution >= 0.6 is 0 Å². The molecular formula is C31H55NO6S. The van der Waals surface area contributed by atoms with Gasteiger partial charge >= 0.3 is 0 Å². The zero-order valence-corrected chi connectivity index (χ0v) is 25.2. The number of hydrogen-bond donors (Lipinski definition) is 4. The van der Waals surface area contributed by atoms with Crippen molar-refractivity contribution in [3.63, 3.8) is 0 Å². The van der Waals surface area contributed by atoms with Gasteiger partial charge in [-0.15, -0.1) is 0 Å². The van der Waals surface area contributed by atoms with E-state index in [-0.39, 0.29) is 6.42 Å². The second kappa shape index (κ2) is 25.2. The van der Waals surface area contributed by atoms with Gasteiger partial charge in [-0.05, 0) is 64.2 Å². The molecule has 0 aromatic heterocycles. The summed E-state index contributed by atoms with van der Waals surface area (Å²) in [6, 6.07) is -1.27. The van der Waals surface area contributed by atoms with Crippen LogP contribution in [0.25, 0.3) is 0 Å². The first-order chi connectivity index (χ1) is 18.7. The number of aliphatic hydroxyl groups is 2. The van der Waals surface area contributed by atoms with Crippen molar-refractivity contribution in [3.8, 4) is 0 Å². The molecular weight excluding hydrogens is 514 g/mol.